The maximum Gasteiger partial charge on any atom is 0.226 e. The van der Waals surface area contributed by atoms with Crippen molar-refractivity contribution in [3.05, 3.63) is 41.8 Å². The van der Waals surface area contributed by atoms with E-state index in [4.69, 9.17) is 4.42 Å². The third-order valence-electron chi connectivity index (χ3n) is 3.13. The third kappa shape index (κ3) is 4.33. The predicted molar refractivity (Wildman–Crippen MR) is 94.9 cm³/mol. The Morgan fingerprint density at radius 1 is 1.22 bits per heavy atom. The average Bonchev–Trinajstić information content (AvgIpc) is 3.21. The molecule has 5 nitrogen and oxygen atoms in total. The molecule has 7 heteroatoms. The summed E-state index contributed by atoms with van der Waals surface area (Å²) in [6, 6.07) is 8.16. The highest BCUT2D eigenvalue weighted by atomic mass is 32.2. The van der Waals surface area contributed by atoms with Gasteiger partial charge in [-0.1, -0.05) is 47.7 Å². The molecule has 0 bridgehead atoms. The minimum atomic E-state index is 0.656. The lowest BCUT2D eigenvalue weighted by atomic mass is 10.1. The molecule has 0 atom stereocenters. The largest absolute Gasteiger partial charge is 0.444 e. The summed E-state index contributed by atoms with van der Waals surface area (Å²) in [6.07, 6.45) is 2.78. The van der Waals surface area contributed by atoms with Crippen LogP contribution >= 0.6 is 23.1 Å². The van der Waals surface area contributed by atoms with Gasteiger partial charge in [0.05, 0.1) is 5.69 Å². The Labute approximate surface area is 143 Å². The number of hydrogen-bond acceptors (Lipinski definition) is 7. The molecule has 0 aliphatic heterocycles. The molecular formula is C16H18N4OS2. The Morgan fingerprint density at radius 3 is 2.83 bits per heavy atom. The van der Waals surface area contributed by atoms with Crippen LogP contribution in [0.1, 0.15) is 24.6 Å². The molecule has 0 amide bonds. The van der Waals surface area contributed by atoms with Crippen LogP contribution in [0.4, 0.5) is 5.13 Å². The highest BCUT2D eigenvalue weighted by Crippen LogP contribution is 2.29. The fourth-order valence-corrected chi connectivity index (χ4v) is 3.56. The van der Waals surface area contributed by atoms with E-state index in [0.29, 0.717) is 5.89 Å². The minimum absolute atomic E-state index is 0.656. The van der Waals surface area contributed by atoms with Crippen LogP contribution in [0.25, 0.3) is 11.5 Å². The zero-order valence-electron chi connectivity index (χ0n) is 13.1. The van der Waals surface area contributed by atoms with Gasteiger partial charge in [0.25, 0.3) is 0 Å². The number of thioether (sulfide) groups is 1. The van der Waals surface area contributed by atoms with Crippen LogP contribution in [0.15, 0.2) is 39.3 Å². The van der Waals surface area contributed by atoms with Crippen molar-refractivity contribution in [1.29, 1.82) is 0 Å². The number of nitrogens with one attached hydrogen (secondary N) is 1. The van der Waals surface area contributed by atoms with Crippen molar-refractivity contribution in [1.82, 2.24) is 15.2 Å². The second kappa shape index (κ2) is 7.61. The Hall–Kier alpha value is -1.86. The SMILES string of the molecule is CCCNc1nnc(SCc2coc(-c3ccc(C)cc3)n2)s1. The fraction of sp³-hybridized carbons (Fsp3) is 0.312. The van der Waals surface area contributed by atoms with Gasteiger partial charge in [-0.15, -0.1) is 10.2 Å². The molecule has 0 saturated carbocycles. The van der Waals surface area contributed by atoms with Crippen LogP contribution in [0.3, 0.4) is 0 Å². The molecule has 0 fully saturated rings. The van der Waals surface area contributed by atoms with Gasteiger partial charge in [0.15, 0.2) is 4.34 Å². The molecule has 0 unspecified atom stereocenters. The van der Waals surface area contributed by atoms with Gasteiger partial charge in [0, 0.05) is 17.9 Å². The number of benzene rings is 1. The molecule has 1 N–H and O–H groups in total. The van der Waals surface area contributed by atoms with Gasteiger partial charge in [0.1, 0.15) is 6.26 Å². The van der Waals surface area contributed by atoms with Crippen molar-refractivity contribution in [2.45, 2.75) is 30.4 Å². The highest BCUT2D eigenvalue weighted by molar-refractivity contribution is 8.00. The molecule has 2 heterocycles. The van der Waals surface area contributed by atoms with E-state index >= 15 is 0 Å². The smallest absolute Gasteiger partial charge is 0.226 e. The molecule has 0 radical (unpaired) electrons. The monoisotopic (exact) mass is 346 g/mol. The van der Waals surface area contributed by atoms with Gasteiger partial charge >= 0.3 is 0 Å². The molecule has 0 aliphatic rings. The summed E-state index contributed by atoms with van der Waals surface area (Å²) in [7, 11) is 0. The van der Waals surface area contributed by atoms with E-state index in [9.17, 15) is 0 Å². The van der Waals surface area contributed by atoms with Crippen molar-refractivity contribution >= 4 is 28.2 Å². The second-order valence-corrected chi connectivity index (χ2v) is 7.30. The molecule has 23 heavy (non-hydrogen) atoms. The first kappa shape index (κ1) is 16.0. The van der Waals surface area contributed by atoms with Crippen LogP contribution in [0.2, 0.25) is 0 Å². The Bertz CT molecular complexity index is 752. The molecule has 2 aromatic heterocycles. The third-order valence-corrected chi connectivity index (χ3v) is 5.17. The standard InChI is InChI=1S/C16H18N4OS2/c1-3-8-17-15-19-20-16(23-15)22-10-13-9-21-14(18-13)12-6-4-11(2)5-7-12/h4-7,9H,3,8,10H2,1-2H3,(H,17,19). The molecule has 120 valence electrons. The van der Waals surface area contributed by atoms with Gasteiger partial charge < -0.3 is 9.73 Å². The molecule has 0 spiro atoms. The summed E-state index contributed by atoms with van der Waals surface area (Å²) >= 11 is 3.19. The summed E-state index contributed by atoms with van der Waals surface area (Å²) < 4.78 is 6.50. The number of aromatic nitrogens is 3. The molecule has 0 saturated heterocycles. The number of oxazole rings is 1. The van der Waals surface area contributed by atoms with Crippen molar-refractivity contribution in [2.24, 2.45) is 0 Å². The predicted octanol–water partition coefficient (Wildman–Crippen LogP) is 4.62. The van der Waals surface area contributed by atoms with E-state index < -0.39 is 0 Å². The van der Waals surface area contributed by atoms with Crippen LogP contribution in [0.5, 0.6) is 0 Å². The molecule has 3 rings (SSSR count). The first-order valence-electron chi connectivity index (χ1n) is 7.46. The van der Waals surface area contributed by atoms with Gasteiger partial charge in [-0.2, -0.15) is 0 Å². The van der Waals surface area contributed by atoms with Crippen molar-refractivity contribution in [3.63, 3.8) is 0 Å². The lowest BCUT2D eigenvalue weighted by Crippen LogP contribution is -1.98. The first-order chi connectivity index (χ1) is 11.2. The van der Waals surface area contributed by atoms with Crippen molar-refractivity contribution < 1.29 is 4.42 Å². The number of nitrogens with zero attached hydrogens (tertiary/aromatic N) is 3. The van der Waals surface area contributed by atoms with Gasteiger partial charge in [0.2, 0.25) is 11.0 Å². The van der Waals surface area contributed by atoms with Gasteiger partial charge in [-0.3, -0.25) is 0 Å². The van der Waals surface area contributed by atoms with Crippen LogP contribution < -0.4 is 5.32 Å². The topological polar surface area (TPSA) is 63.8 Å². The number of rotatable bonds is 7. The fourth-order valence-electron chi connectivity index (χ4n) is 1.91. The quantitative estimate of drug-likeness (QED) is 0.630. The molecule has 1 aromatic carbocycles. The zero-order valence-corrected chi connectivity index (χ0v) is 14.7. The van der Waals surface area contributed by atoms with E-state index in [1.54, 1.807) is 29.4 Å². The van der Waals surface area contributed by atoms with Crippen LogP contribution in [-0.4, -0.2) is 21.7 Å². The summed E-state index contributed by atoms with van der Waals surface area (Å²) in [6.45, 7) is 5.11. The normalized spacial score (nSPS) is 10.9. The molecular weight excluding hydrogens is 328 g/mol. The number of hydrogen-bond donors (Lipinski definition) is 1. The second-order valence-electron chi connectivity index (χ2n) is 5.10. The summed E-state index contributed by atoms with van der Waals surface area (Å²) in [5, 5.41) is 12.4. The van der Waals surface area contributed by atoms with Crippen molar-refractivity contribution in [2.75, 3.05) is 11.9 Å². The van der Waals surface area contributed by atoms with E-state index in [-0.39, 0.29) is 0 Å². The van der Waals surface area contributed by atoms with E-state index in [2.05, 4.69) is 46.5 Å². The van der Waals surface area contributed by atoms with Crippen LogP contribution in [0, 0.1) is 6.92 Å². The number of aryl methyl sites for hydroxylation is 1. The Morgan fingerprint density at radius 2 is 2.04 bits per heavy atom. The summed E-state index contributed by atoms with van der Waals surface area (Å²) in [5.74, 6) is 1.38. The van der Waals surface area contributed by atoms with Gasteiger partial charge in [-0.05, 0) is 25.5 Å². The minimum Gasteiger partial charge on any atom is -0.444 e. The first-order valence-corrected chi connectivity index (χ1v) is 9.26. The van der Waals surface area contributed by atoms with E-state index in [1.165, 1.54) is 5.56 Å². The summed E-state index contributed by atoms with van der Waals surface area (Å²) in [5.41, 5.74) is 3.12. The van der Waals surface area contributed by atoms with Crippen LogP contribution in [-0.2, 0) is 5.75 Å². The van der Waals surface area contributed by atoms with E-state index in [0.717, 1.165) is 39.4 Å². The zero-order chi connectivity index (χ0) is 16.1. The maximum absolute atomic E-state index is 5.57. The lowest BCUT2D eigenvalue weighted by Gasteiger charge is -1.96. The number of anilines is 1. The summed E-state index contributed by atoms with van der Waals surface area (Å²) in [4.78, 5) is 4.53. The van der Waals surface area contributed by atoms with Gasteiger partial charge in [-0.25, -0.2) is 4.98 Å². The average molecular weight is 346 g/mol. The maximum atomic E-state index is 5.57. The molecule has 3 aromatic rings. The lowest BCUT2D eigenvalue weighted by molar-refractivity contribution is 0.573. The van der Waals surface area contributed by atoms with E-state index in [1.807, 2.05) is 12.1 Å². The Balaban J connectivity index is 1.58. The Kier molecular flexibility index (Phi) is 5.30. The molecule has 0 aliphatic carbocycles. The van der Waals surface area contributed by atoms with Crippen molar-refractivity contribution in [3.8, 4) is 11.5 Å². The highest BCUT2D eigenvalue weighted by Gasteiger charge is 2.09.